The van der Waals surface area contributed by atoms with E-state index in [4.69, 9.17) is 20.3 Å². The molecule has 2 rings (SSSR count). The van der Waals surface area contributed by atoms with Crippen molar-refractivity contribution in [3.63, 3.8) is 0 Å². The summed E-state index contributed by atoms with van der Waals surface area (Å²) in [4.78, 5) is 0. The number of hydrogen-bond acceptors (Lipinski definition) is 4. The van der Waals surface area contributed by atoms with Gasteiger partial charge in [0, 0.05) is 16.5 Å². The Morgan fingerprint density at radius 1 is 1.38 bits per heavy atom. The Morgan fingerprint density at radius 2 is 2.12 bits per heavy atom. The molecule has 0 spiro atoms. The van der Waals surface area contributed by atoms with Crippen molar-refractivity contribution in [2.45, 2.75) is 12.5 Å². The molecule has 5 heteroatoms. The monoisotopic (exact) mass is 287 g/mol. The molecule has 0 fully saturated rings. The first-order valence-electron chi connectivity index (χ1n) is 5.18. The first-order valence-corrected chi connectivity index (χ1v) is 5.97. The normalized spacial score (nSPS) is 16.7. The Kier molecular flexibility index (Phi) is 3.68. The molecule has 1 aliphatic rings. The van der Waals surface area contributed by atoms with Crippen LogP contribution in [0.3, 0.4) is 0 Å². The van der Waals surface area contributed by atoms with Crippen LogP contribution in [0.5, 0.6) is 11.5 Å². The Labute approximate surface area is 102 Å². The van der Waals surface area contributed by atoms with Gasteiger partial charge in [-0.2, -0.15) is 0 Å². The molecule has 1 heterocycles. The highest BCUT2D eigenvalue weighted by Gasteiger charge is 2.21. The largest absolute Gasteiger partial charge is 0.490 e. The highest BCUT2D eigenvalue weighted by atomic mass is 79.9. The number of fused-ring (bicyclic) bond motifs is 1. The third kappa shape index (κ3) is 2.16. The van der Waals surface area contributed by atoms with Gasteiger partial charge in [-0.15, -0.1) is 0 Å². The lowest BCUT2D eigenvalue weighted by Gasteiger charge is -2.17. The van der Waals surface area contributed by atoms with E-state index in [-0.39, 0.29) is 6.61 Å². The zero-order valence-corrected chi connectivity index (χ0v) is 10.4. The molecule has 0 saturated heterocycles. The minimum atomic E-state index is -0.467. The van der Waals surface area contributed by atoms with Crippen molar-refractivity contribution in [2.24, 2.45) is 5.73 Å². The average molecular weight is 288 g/mol. The molecular weight excluding hydrogens is 274 g/mol. The number of nitrogens with two attached hydrogens (primary N) is 1. The molecule has 0 radical (unpaired) electrons. The van der Waals surface area contributed by atoms with E-state index in [1.54, 1.807) is 0 Å². The van der Waals surface area contributed by atoms with Crippen LogP contribution < -0.4 is 15.2 Å². The molecule has 0 aliphatic carbocycles. The Hall–Kier alpha value is -0.780. The van der Waals surface area contributed by atoms with Gasteiger partial charge in [0.2, 0.25) is 0 Å². The van der Waals surface area contributed by atoms with Crippen molar-refractivity contribution >= 4 is 15.9 Å². The molecule has 1 aromatic carbocycles. The molecule has 1 unspecified atom stereocenters. The van der Waals surface area contributed by atoms with Gasteiger partial charge >= 0.3 is 0 Å². The molecule has 1 atom stereocenters. The smallest absolute Gasteiger partial charge is 0.167 e. The third-order valence-corrected chi connectivity index (χ3v) is 3.16. The van der Waals surface area contributed by atoms with E-state index in [1.165, 1.54) is 0 Å². The fourth-order valence-corrected chi connectivity index (χ4v) is 2.28. The molecule has 4 nitrogen and oxygen atoms in total. The second kappa shape index (κ2) is 5.03. The predicted octanol–water partition coefficient (Wildman–Crippen LogP) is 1.60. The van der Waals surface area contributed by atoms with E-state index >= 15 is 0 Å². The topological polar surface area (TPSA) is 64.7 Å². The van der Waals surface area contributed by atoms with Crippen molar-refractivity contribution in [3.05, 3.63) is 22.2 Å². The molecule has 0 amide bonds. The summed E-state index contributed by atoms with van der Waals surface area (Å²) in [6.45, 7) is 1.12. The molecule has 0 saturated carbocycles. The number of halogens is 1. The number of hydrogen-bond donors (Lipinski definition) is 2. The van der Waals surface area contributed by atoms with Crippen molar-refractivity contribution in [3.8, 4) is 11.5 Å². The number of benzene rings is 1. The summed E-state index contributed by atoms with van der Waals surface area (Å²) >= 11 is 3.42. The van der Waals surface area contributed by atoms with Crippen LogP contribution in [0.25, 0.3) is 0 Å². The van der Waals surface area contributed by atoms with Gasteiger partial charge in [-0.25, -0.2) is 0 Å². The molecular formula is C11H14BrNO3. The van der Waals surface area contributed by atoms with Crippen molar-refractivity contribution in [1.82, 2.24) is 0 Å². The summed E-state index contributed by atoms with van der Waals surface area (Å²) in [5, 5.41) is 9.14. The lowest BCUT2D eigenvalue weighted by atomic mass is 10.1. The molecule has 0 bridgehead atoms. The van der Waals surface area contributed by atoms with Crippen LogP contribution in [-0.4, -0.2) is 24.9 Å². The molecule has 88 valence electrons. The number of aliphatic hydroxyl groups excluding tert-OH is 1. The third-order valence-electron chi connectivity index (χ3n) is 2.47. The Bertz CT molecular complexity index is 384. The zero-order valence-electron chi connectivity index (χ0n) is 8.78. The zero-order chi connectivity index (χ0) is 11.5. The highest BCUT2D eigenvalue weighted by molar-refractivity contribution is 9.10. The standard InChI is InChI=1S/C11H14BrNO3/c12-7-2-3-9-11(10(7)8(13)6-14)16-5-1-4-15-9/h2-3,8,14H,1,4-6,13H2. The van der Waals surface area contributed by atoms with E-state index in [2.05, 4.69) is 15.9 Å². The molecule has 0 aromatic heterocycles. The minimum absolute atomic E-state index is 0.127. The van der Waals surface area contributed by atoms with Gasteiger partial charge in [0.15, 0.2) is 11.5 Å². The summed E-state index contributed by atoms with van der Waals surface area (Å²) in [5.41, 5.74) is 6.62. The van der Waals surface area contributed by atoms with Crippen molar-refractivity contribution in [2.75, 3.05) is 19.8 Å². The first kappa shape index (κ1) is 11.7. The van der Waals surface area contributed by atoms with Crippen molar-refractivity contribution in [1.29, 1.82) is 0 Å². The van der Waals surface area contributed by atoms with Crippen LogP contribution in [-0.2, 0) is 0 Å². The second-order valence-corrected chi connectivity index (χ2v) is 4.48. The van der Waals surface area contributed by atoms with Crippen LogP contribution in [0, 0.1) is 0 Å². The number of aliphatic hydroxyl groups is 1. The number of rotatable bonds is 2. The molecule has 3 N–H and O–H groups in total. The fourth-order valence-electron chi connectivity index (χ4n) is 1.67. The van der Waals surface area contributed by atoms with Crippen LogP contribution in [0.15, 0.2) is 16.6 Å². The fraction of sp³-hybridized carbons (Fsp3) is 0.455. The molecule has 16 heavy (non-hydrogen) atoms. The van der Waals surface area contributed by atoms with Gasteiger partial charge in [0.05, 0.1) is 25.9 Å². The van der Waals surface area contributed by atoms with Crippen LogP contribution in [0.2, 0.25) is 0 Å². The minimum Gasteiger partial charge on any atom is -0.490 e. The summed E-state index contributed by atoms with van der Waals surface area (Å²) in [7, 11) is 0. The maximum absolute atomic E-state index is 9.14. The van der Waals surface area contributed by atoms with Gasteiger partial charge in [-0.1, -0.05) is 15.9 Å². The summed E-state index contributed by atoms with van der Waals surface area (Å²) in [6.07, 6.45) is 0.847. The average Bonchev–Trinajstić information content (AvgIpc) is 2.53. The quantitative estimate of drug-likeness (QED) is 0.867. The number of ether oxygens (including phenoxy) is 2. The van der Waals surface area contributed by atoms with E-state index in [0.717, 1.165) is 16.5 Å². The summed E-state index contributed by atoms with van der Waals surface area (Å²) in [5.74, 6) is 1.34. The van der Waals surface area contributed by atoms with E-state index in [1.807, 2.05) is 12.1 Å². The summed E-state index contributed by atoms with van der Waals surface area (Å²) < 4.78 is 12.0. The van der Waals surface area contributed by atoms with Gasteiger partial charge < -0.3 is 20.3 Å². The van der Waals surface area contributed by atoms with Gasteiger partial charge in [0.25, 0.3) is 0 Å². The van der Waals surface area contributed by atoms with Gasteiger partial charge in [-0.3, -0.25) is 0 Å². The van der Waals surface area contributed by atoms with Crippen LogP contribution >= 0.6 is 15.9 Å². The maximum atomic E-state index is 9.14. The first-order chi connectivity index (χ1) is 7.74. The van der Waals surface area contributed by atoms with Crippen LogP contribution in [0.4, 0.5) is 0 Å². The van der Waals surface area contributed by atoms with E-state index in [0.29, 0.717) is 24.7 Å². The summed E-state index contributed by atoms with van der Waals surface area (Å²) in [6, 6.07) is 3.24. The lowest BCUT2D eigenvalue weighted by Crippen LogP contribution is -2.16. The van der Waals surface area contributed by atoms with Gasteiger partial charge in [0.1, 0.15) is 0 Å². The second-order valence-electron chi connectivity index (χ2n) is 3.63. The van der Waals surface area contributed by atoms with Gasteiger partial charge in [-0.05, 0) is 12.1 Å². The maximum Gasteiger partial charge on any atom is 0.167 e. The molecule has 1 aromatic rings. The Balaban J connectivity index is 2.48. The van der Waals surface area contributed by atoms with E-state index in [9.17, 15) is 0 Å². The van der Waals surface area contributed by atoms with Crippen LogP contribution in [0.1, 0.15) is 18.0 Å². The molecule has 1 aliphatic heterocycles. The van der Waals surface area contributed by atoms with E-state index < -0.39 is 6.04 Å². The highest BCUT2D eigenvalue weighted by Crippen LogP contribution is 2.40. The predicted molar refractivity (Wildman–Crippen MR) is 63.8 cm³/mol. The lowest BCUT2D eigenvalue weighted by molar-refractivity contribution is 0.260. The SMILES string of the molecule is NC(CO)c1c(Br)ccc2c1OCCCO2. The Morgan fingerprint density at radius 3 is 2.88 bits per heavy atom. The van der Waals surface area contributed by atoms with Crippen molar-refractivity contribution < 1.29 is 14.6 Å².